The molecule has 0 aliphatic carbocycles. The van der Waals surface area contributed by atoms with E-state index < -0.39 is 0 Å². The Morgan fingerprint density at radius 3 is 1.49 bits per heavy atom. The van der Waals surface area contributed by atoms with Crippen LogP contribution in [0.3, 0.4) is 0 Å². The summed E-state index contributed by atoms with van der Waals surface area (Å²) in [5.74, 6) is 0.638. The number of nitriles is 1. The highest BCUT2D eigenvalue weighted by atomic mass is 16.3. The minimum atomic E-state index is 0.638. The molecule has 0 aliphatic heterocycles. The molecule has 1 aromatic heterocycles. The van der Waals surface area contributed by atoms with Gasteiger partial charge in [0.25, 0.3) is 0 Å². The van der Waals surface area contributed by atoms with Crippen LogP contribution in [0.2, 0.25) is 0 Å². The number of fused-ring (bicyclic) bond motifs is 2. The van der Waals surface area contributed by atoms with Crippen LogP contribution >= 0.6 is 0 Å². The monoisotopic (exact) mass is 498 g/mol. The molecule has 182 valence electrons. The Bertz CT molecular complexity index is 1960. The summed E-state index contributed by atoms with van der Waals surface area (Å²) in [7, 11) is 0. The van der Waals surface area contributed by atoms with E-state index in [9.17, 15) is 0 Å². The molecule has 0 amide bonds. The van der Waals surface area contributed by atoms with Crippen LogP contribution in [0.1, 0.15) is 5.56 Å². The molecule has 0 atom stereocenters. The topological polar surface area (TPSA) is 49.8 Å². The zero-order valence-electron chi connectivity index (χ0n) is 21.0. The maximum atomic E-state index is 9.03. The summed E-state index contributed by atoms with van der Waals surface area (Å²) >= 11 is 0. The summed E-state index contributed by atoms with van der Waals surface area (Å²) in [4.78, 5) is 4.61. The smallest absolute Gasteiger partial charge is 0.227 e. The fourth-order valence-electron chi connectivity index (χ4n) is 5.00. The van der Waals surface area contributed by atoms with Crippen LogP contribution in [-0.2, 0) is 0 Å². The van der Waals surface area contributed by atoms with Crippen molar-refractivity contribution < 1.29 is 4.42 Å². The minimum Gasteiger partial charge on any atom is -0.436 e. The maximum Gasteiger partial charge on any atom is 0.227 e. The van der Waals surface area contributed by atoms with E-state index >= 15 is 0 Å². The van der Waals surface area contributed by atoms with Gasteiger partial charge in [-0.25, -0.2) is 4.98 Å². The molecule has 3 nitrogen and oxygen atoms in total. The van der Waals surface area contributed by atoms with Gasteiger partial charge in [-0.05, 0) is 92.7 Å². The zero-order chi connectivity index (χ0) is 26.2. The molecule has 0 fully saturated rings. The first-order chi connectivity index (χ1) is 19.2. The van der Waals surface area contributed by atoms with E-state index in [-0.39, 0.29) is 0 Å². The zero-order valence-corrected chi connectivity index (χ0v) is 21.0. The van der Waals surface area contributed by atoms with Gasteiger partial charge in [-0.3, -0.25) is 0 Å². The summed E-state index contributed by atoms with van der Waals surface area (Å²) in [6.45, 7) is 0. The van der Waals surface area contributed by atoms with Crippen molar-refractivity contribution in [2.75, 3.05) is 0 Å². The number of benzene rings is 6. The highest BCUT2D eigenvalue weighted by Gasteiger charge is 2.09. The van der Waals surface area contributed by atoms with E-state index in [0.29, 0.717) is 11.5 Å². The Balaban J connectivity index is 1.13. The highest BCUT2D eigenvalue weighted by molar-refractivity contribution is 5.91. The van der Waals surface area contributed by atoms with Gasteiger partial charge >= 0.3 is 0 Å². The number of oxazole rings is 1. The highest BCUT2D eigenvalue weighted by Crippen LogP contribution is 2.31. The average Bonchev–Trinajstić information content (AvgIpc) is 3.45. The van der Waals surface area contributed by atoms with Gasteiger partial charge in [0.1, 0.15) is 5.52 Å². The molecule has 0 saturated heterocycles. The van der Waals surface area contributed by atoms with Crippen molar-refractivity contribution in [3.8, 4) is 50.9 Å². The van der Waals surface area contributed by atoms with Crippen LogP contribution < -0.4 is 0 Å². The van der Waals surface area contributed by atoms with E-state index in [2.05, 4.69) is 96.0 Å². The van der Waals surface area contributed by atoms with Crippen molar-refractivity contribution in [1.29, 1.82) is 5.26 Å². The van der Waals surface area contributed by atoms with Gasteiger partial charge in [-0.15, -0.1) is 0 Å². The second-order valence-corrected chi connectivity index (χ2v) is 9.61. The summed E-state index contributed by atoms with van der Waals surface area (Å²) in [6, 6.07) is 47.8. The molecule has 7 rings (SSSR count). The molecule has 0 radical (unpaired) electrons. The van der Waals surface area contributed by atoms with Crippen LogP contribution in [0.4, 0.5) is 0 Å². The number of hydrogen-bond acceptors (Lipinski definition) is 3. The molecule has 3 heteroatoms. The Kier molecular flexibility index (Phi) is 5.50. The third-order valence-electron chi connectivity index (χ3n) is 7.16. The van der Waals surface area contributed by atoms with Crippen LogP contribution in [0.15, 0.2) is 138 Å². The molecule has 7 aromatic rings. The lowest BCUT2D eigenvalue weighted by Gasteiger charge is -2.09. The first-order valence-corrected chi connectivity index (χ1v) is 12.8. The normalized spacial score (nSPS) is 11.1. The lowest BCUT2D eigenvalue weighted by atomic mass is 9.96. The van der Waals surface area contributed by atoms with Crippen molar-refractivity contribution in [3.05, 3.63) is 139 Å². The van der Waals surface area contributed by atoms with E-state index in [1.807, 2.05) is 48.5 Å². The lowest BCUT2D eigenvalue weighted by molar-refractivity contribution is 0.620. The molecule has 0 spiro atoms. The van der Waals surface area contributed by atoms with Gasteiger partial charge in [-0.1, -0.05) is 84.9 Å². The third kappa shape index (κ3) is 4.35. The first kappa shape index (κ1) is 22.7. The van der Waals surface area contributed by atoms with E-state index in [1.54, 1.807) is 0 Å². The molecular formula is C36H22N2O. The van der Waals surface area contributed by atoms with Crippen molar-refractivity contribution in [2.24, 2.45) is 0 Å². The van der Waals surface area contributed by atoms with E-state index in [0.717, 1.165) is 33.4 Å². The molecule has 0 saturated carbocycles. The minimum absolute atomic E-state index is 0.638. The van der Waals surface area contributed by atoms with Crippen LogP contribution in [0.5, 0.6) is 0 Å². The van der Waals surface area contributed by atoms with Crippen LogP contribution in [0, 0.1) is 11.3 Å². The summed E-state index contributed by atoms with van der Waals surface area (Å²) in [5.41, 5.74) is 10.2. The number of rotatable bonds is 4. The quantitative estimate of drug-likeness (QED) is 0.243. The van der Waals surface area contributed by atoms with Crippen molar-refractivity contribution >= 4 is 21.9 Å². The molecule has 1 heterocycles. The predicted octanol–water partition coefficient (Wildman–Crippen LogP) is 9.52. The van der Waals surface area contributed by atoms with Crippen LogP contribution in [0.25, 0.3) is 66.7 Å². The molecule has 39 heavy (non-hydrogen) atoms. The maximum absolute atomic E-state index is 9.03. The lowest BCUT2D eigenvalue weighted by Crippen LogP contribution is -1.84. The molecule has 0 unspecified atom stereocenters. The fraction of sp³-hybridized carbons (Fsp3) is 0. The molecule has 0 N–H and O–H groups in total. The Morgan fingerprint density at radius 1 is 0.487 bits per heavy atom. The van der Waals surface area contributed by atoms with Gasteiger partial charge in [-0.2, -0.15) is 5.26 Å². The second-order valence-electron chi connectivity index (χ2n) is 9.61. The number of nitrogens with zero attached hydrogens (tertiary/aromatic N) is 2. The number of hydrogen-bond donors (Lipinski definition) is 0. The van der Waals surface area contributed by atoms with Crippen LogP contribution in [-0.4, -0.2) is 4.98 Å². The Hall–Kier alpha value is -5.46. The van der Waals surface area contributed by atoms with Gasteiger partial charge in [0.15, 0.2) is 5.58 Å². The molecule has 6 aromatic carbocycles. The van der Waals surface area contributed by atoms with Crippen molar-refractivity contribution in [3.63, 3.8) is 0 Å². The van der Waals surface area contributed by atoms with Gasteiger partial charge in [0, 0.05) is 5.56 Å². The molecule has 0 aliphatic rings. The third-order valence-corrected chi connectivity index (χ3v) is 7.16. The van der Waals surface area contributed by atoms with E-state index in [4.69, 9.17) is 9.68 Å². The fourth-order valence-corrected chi connectivity index (χ4v) is 5.00. The van der Waals surface area contributed by atoms with Crippen molar-refractivity contribution in [2.45, 2.75) is 0 Å². The molecule has 0 bridgehead atoms. The van der Waals surface area contributed by atoms with Gasteiger partial charge in [0.05, 0.1) is 11.6 Å². The summed E-state index contributed by atoms with van der Waals surface area (Å²) < 4.78 is 5.92. The molecular weight excluding hydrogens is 476 g/mol. The summed E-state index contributed by atoms with van der Waals surface area (Å²) in [5, 5.41) is 11.4. The second kappa shape index (κ2) is 9.45. The standard InChI is InChI=1S/C36H22N2O/c37-23-24-5-7-25(8-6-24)26-9-11-27(12-10-26)30-17-19-33-22-31(18-20-32(33)21-30)28-13-15-29(16-14-28)36-38-34-3-1-2-4-35(34)39-36/h1-22H. The van der Waals surface area contributed by atoms with Crippen molar-refractivity contribution in [1.82, 2.24) is 4.98 Å². The first-order valence-electron chi connectivity index (χ1n) is 12.8. The van der Waals surface area contributed by atoms with Gasteiger partial charge < -0.3 is 4.42 Å². The number of aromatic nitrogens is 1. The average molecular weight is 499 g/mol. The predicted molar refractivity (Wildman–Crippen MR) is 158 cm³/mol. The van der Waals surface area contributed by atoms with Gasteiger partial charge in [0.2, 0.25) is 5.89 Å². The largest absolute Gasteiger partial charge is 0.436 e. The Labute approximate surface area is 226 Å². The van der Waals surface area contributed by atoms with E-state index in [1.165, 1.54) is 27.5 Å². The SMILES string of the molecule is N#Cc1ccc(-c2ccc(-c3ccc4cc(-c5ccc(-c6nc7ccccc7o6)cc5)ccc4c3)cc2)cc1. The summed E-state index contributed by atoms with van der Waals surface area (Å²) in [6.07, 6.45) is 0. The number of para-hydroxylation sites is 2. The Morgan fingerprint density at radius 2 is 0.949 bits per heavy atom.